The number of aryl methyl sites for hydroxylation is 1. The number of anilines is 1. The first-order valence-corrected chi connectivity index (χ1v) is 5.73. The van der Waals surface area contributed by atoms with Crippen molar-refractivity contribution in [3.8, 4) is 0 Å². The average molecular weight is 265 g/mol. The number of nitrogens with two attached hydrogens (primary N) is 1. The molecule has 2 aromatic rings. The summed E-state index contributed by atoms with van der Waals surface area (Å²) in [6.07, 6.45) is 0. The van der Waals surface area contributed by atoms with Crippen LogP contribution < -0.4 is 11.1 Å². The minimum absolute atomic E-state index is 0.0179. The van der Waals surface area contributed by atoms with Gasteiger partial charge in [-0.05, 0) is 19.1 Å². The van der Waals surface area contributed by atoms with E-state index in [2.05, 4.69) is 10.5 Å². The first-order valence-electron chi connectivity index (χ1n) is 5.32. The van der Waals surface area contributed by atoms with Crippen molar-refractivity contribution in [2.75, 3.05) is 5.32 Å². The maximum atomic E-state index is 13.6. The fourth-order valence-electron chi connectivity index (χ4n) is 1.60. The van der Waals surface area contributed by atoms with Crippen molar-refractivity contribution in [1.82, 2.24) is 5.16 Å². The van der Waals surface area contributed by atoms with Gasteiger partial charge in [-0.25, -0.2) is 4.39 Å². The van der Waals surface area contributed by atoms with Crippen molar-refractivity contribution in [3.05, 3.63) is 47.1 Å². The first kappa shape index (κ1) is 12.5. The molecule has 94 valence electrons. The predicted octanol–water partition coefficient (Wildman–Crippen LogP) is 2.37. The van der Waals surface area contributed by atoms with Crippen molar-refractivity contribution in [2.24, 2.45) is 5.73 Å². The van der Waals surface area contributed by atoms with Crippen LogP contribution >= 0.6 is 12.2 Å². The van der Waals surface area contributed by atoms with Crippen LogP contribution in [0.3, 0.4) is 0 Å². The molecule has 0 radical (unpaired) electrons. The fraction of sp³-hybridized carbons (Fsp3) is 0.167. The molecule has 1 aromatic carbocycles. The van der Waals surface area contributed by atoms with E-state index in [1.54, 1.807) is 18.2 Å². The molecule has 0 spiro atoms. The van der Waals surface area contributed by atoms with E-state index in [0.717, 1.165) is 5.69 Å². The van der Waals surface area contributed by atoms with E-state index in [1.165, 1.54) is 6.07 Å². The van der Waals surface area contributed by atoms with E-state index in [9.17, 15) is 4.39 Å². The smallest absolute Gasteiger partial charge is 0.156 e. The van der Waals surface area contributed by atoms with Crippen LogP contribution in [-0.4, -0.2) is 10.1 Å². The van der Waals surface area contributed by atoms with E-state index in [0.29, 0.717) is 18.0 Å². The van der Waals surface area contributed by atoms with Crippen LogP contribution in [0.2, 0.25) is 0 Å². The molecule has 0 atom stereocenters. The van der Waals surface area contributed by atoms with Gasteiger partial charge >= 0.3 is 0 Å². The minimum atomic E-state index is -0.443. The van der Waals surface area contributed by atoms with Crippen LogP contribution in [-0.2, 0) is 6.54 Å². The number of hydrogen-bond donors (Lipinski definition) is 2. The van der Waals surface area contributed by atoms with Gasteiger partial charge in [-0.2, -0.15) is 0 Å². The standard InChI is InChI=1S/C12H12FN3OS/c1-7-5-8(17-16-7)6-15-10-4-2-3-9(13)11(10)12(14)18/h2-5,15H,6H2,1H3,(H2,14,18). The number of thiocarbonyl (C=S) groups is 1. The van der Waals surface area contributed by atoms with Gasteiger partial charge in [0, 0.05) is 11.8 Å². The molecule has 0 aliphatic carbocycles. The number of nitrogens with zero attached hydrogens (tertiary/aromatic N) is 1. The molecule has 0 aliphatic heterocycles. The van der Waals surface area contributed by atoms with Crippen LogP contribution in [0.25, 0.3) is 0 Å². The van der Waals surface area contributed by atoms with Crippen LogP contribution in [0.5, 0.6) is 0 Å². The van der Waals surface area contributed by atoms with Gasteiger partial charge in [0.25, 0.3) is 0 Å². The van der Waals surface area contributed by atoms with Crippen molar-refractivity contribution in [1.29, 1.82) is 0 Å². The topological polar surface area (TPSA) is 64.1 Å². The summed E-state index contributed by atoms with van der Waals surface area (Å²) in [4.78, 5) is 0.0179. The Morgan fingerprint density at radius 1 is 1.56 bits per heavy atom. The largest absolute Gasteiger partial charge is 0.389 e. The maximum absolute atomic E-state index is 13.6. The van der Waals surface area contributed by atoms with E-state index in [1.807, 2.05) is 6.92 Å². The van der Waals surface area contributed by atoms with E-state index in [-0.39, 0.29) is 10.6 Å². The number of halogens is 1. The molecular formula is C12H12FN3OS. The zero-order chi connectivity index (χ0) is 13.1. The molecule has 2 rings (SSSR count). The Kier molecular flexibility index (Phi) is 3.57. The summed E-state index contributed by atoms with van der Waals surface area (Å²) in [5.41, 5.74) is 7.05. The van der Waals surface area contributed by atoms with Gasteiger partial charge in [-0.3, -0.25) is 0 Å². The van der Waals surface area contributed by atoms with Gasteiger partial charge in [-0.1, -0.05) is 23.4 Å². The molecular weight excluding hydrogens is 253 g/mol. The minimum Gasteiger partial charge on any atom is -0.389 e. The summed E-state index contributed by atoms with van der Waals surface area (Å²) in [5.74, 6) is 0.215. The van der Waals surface area contributed by atoms with Crippen LogP contribution in [0.4, 0.5) is 10.1 Å². The van der Waals surface area contributed by atoms with Crippen molar-refractivity contribution in [2.45, 2.75) is 13.5 Å². The number of rotatable bonds is 4. The molecule has 0 saturated carbocycles. The number of benzene rings is 1. The first-order chi connectivity index (χ1) is 8.58. The lowest BCUT2D eigenvalue weighted by molar-refractivity contribution is 0.384. The molecule has 0 unspecified atom stereocenters. The molecule has 1 aromatic heterocycles. The normalized spacial score (nSPS) is 10.3. The van der Waals surface area contributed by atoms with Crippen molar-refractivity contribution >= 4 is 22.9 Å². The molecule has 1 heterocycles. The third-order valence-corrected chi connectivity index (χ3v) is 2.59. The summed E-state index contributed by atoms with van der Waals surface area (Å²) >= 11 is 4.83. The zero-order valence-electron chi connectivity index (χ0n) is 9.74. The Balaban J connectivity index is 2.19. The Morgan fingerprint density at radius 2 is 2.33 bits per heavy atom. The van der Waals surface area contributed by atoms with Gasteiger partial charge in [-0.15, -0.1) is 0 Å². The Labute approximate surface area is 109 Å². The second-order valence-corrected chi connectivity index (χ2v) is 4.25. The van der Waals surface area contributed by atoms with Crippen LogP contribution in [0, 0.1) is 12.7 Å². The Hall–Kier alpha value is -1.95. The molecule has 3 N–H and O–H groups in total. The maximum Gasteiger partial charge on any atom is 0.156 e. The average Bonchev–Trinajstić information content (AvgIpc) is 2.72. The van der Waals surface area contributed by atoms with Crippen molar-refractivity contribution < 1.29 is 8.91 Å². The fourth-order valence-corrected chi connectivity index (χ4v) is 1.81. The summed E-state index contributed by atoms with van der Waals surface area (Å²) in [7, 11) is 0. The van der Waals surface area contributed by atoms with E-state index in [4.69, 9.17) is 22.5 Å². The highest BCUT2D eigenvalue weighted by Gasteiger charge is 2.11. The molecule has 0 bridgehead atoms. The molecule has 0 saturated heterocycles. The molecule has 0 aliphatic rings. The summed E-state index contributed by atoms with van der Waals surface area (Å²) in [6, 6.07) is 6.41. The SMILES string of the molecule is Cc1cc(CNc2cccc(F)c2C(N)=S)on1. The van der Waals surface area contributed by atoms with E-state index >= 15 is 0 Å². The lowest BCUT2D eigenvalue weighted by atomic mass is 10.1. The quantitative estimate of drug-likeness (QED) is 0.831. The number of aromatic nitrogens is 1. The molecule has 4 nitrogen and oxygen atoms in total. The number of nitrogens with one attached hydrogen (secondary N) is 1. The Bertz CT molecular complexity index is 582. The number of hydrogen-bond acceptors (Lipinski definition) is 4. The highest BCUT2D eigenvalue weighted by molar-refractivity contribution is 7.80. The highest BCUT2D eigenvalue weighted by Crippen LogP contribution is 2.19. The van der Waals surface area contributed by atoms with Crippen LogP contribution in [0.15, 0.2) is 28.8 Å². The van der Waals surface area contributed by atoms with Gasteiger partial charge in [0.05, 0.1) is 17.8 Å². The third-order valence-electron chi connectivity index (χ3n) is 2.39. The van der Waals surface area contributed by atoms with E-state index < -0.39 is 5.82 Å². The summed E-state index contributed by atoms with van der Waals surface area (Å²) in [6.45, 7) is 2.22. The lowest BCUT2D eigenvalue weighted by Gasteiger charge is -2.10. The zero-order valence-corrected chi connectivity index (χ0v) is 10.6. The van der Waals surface area contributed by atoms with Gasteiger partial charge in [0.2, 0.25) is 0 Å². The Morgan fingerprint density at radius 3 is 2.94 bits per heavy atom. The van der Waals surface area contributed by atoms with Gasteiger partial charge in [0.15, 0.2) is 5.76 Å². The third kappa shape index (κ3) is 2.65. The highest BCUT2D eigenvalue weighted by atomic mass is 32.1. The second kappa shape index (κ2) is 5.14. The predicted molar refractivity (Wildman–Crippen MR) is 70.9 cm³/mol. The van der Waals surface area contributed by atoms with Crippen molar-refractivity contribution in [3.63, 3.8) is 0 Å². The molecule has 6 heteroatoms. The van der Waals surface area contributed by atoms with Gasteiger partial charge < -0.3 is 15.6 Å². The monoisotopic (exact) mass is 265 g/mol. The lowest BCUT2D eigenvalue weighted by Crippen LogP contribution is -2.15. The van der Waals surface area contributed by atoms with Gasteiger partial charge in [0.1, 0.15) is 10.8 Å². The van der Waals surface area contributed by atoms with Crippen LogP contribution in [0.1, 0.15) is 17.0 Å². The molecule has 0 fully saturated rings. The second-order valence-electron chi connectivity index (χ2n) is 3.81. The summed E-state index contributed by atoms with van der Waals surface area (Å²) in [5, 5.41) is 6.79. The summed E-state index contributed by atoms with van der Waals surface area (Å²) < 4.78 is 18.6. The molecule has 0 amide bonds. The molecule has 18 heavy (non-hydrogen) atoms.